The highest BCUT2D eigenvalue weighted by Gasteiger charge is 2.43. The molecule has 2 unspecified atom stereocenters. The first-order chi connectivity index (χ1) is 18.6. The maximum absolute atomic E-state index is 13.9. The molecule has 0 spiro atoms. The van der Waals surface area contributed by atoms with E-state index in [0.29, 0.717) is 54.7 Å². The molecule has 39 heavy (non-hydrogen) atoms. The number of halogens is 2. The lowest BCUT2D eigenvalue weighted by Crippen LogP contribution is -2.61. The molecule has 0 amide bonds. The fraction of sp³-hybridized carbons (Fsp3) is 0.480. The number of nitrogens with one attached hydrogen (secondary N) is 1. The summed E-state index contributed by atoms with van der Waals surface area (Å²) in [4.78, 5) is 24.6. The Morgan fingerprint density at radius 2 is 2.05 bits per heavy atom. The molecular formula is C25H29ClFN5O5S2. The fourth-order valence-corrected chi connectivity index (χ4v) is 7.01. The molecule has 2 aromatic rings. The van der Waals surface area contributed by atoms with E-state index in [-0.39, 0.29) is 28.7 Å². The SMILES string of the molecule is COC(=O)C1=C(CN2C3COCC2CC(N(C)S(C)(=O)=O)C3)NC(c2nccs2)=N[C@H]1c1ccc(F)cc1Cl. The minimum absolute atomic E-state index is 0.0741. The standard InChI is InChI=1S/C25H29ClFN5O5S2/c1-31(39(3,34)35)15-9-16-12-37-13-17(10-15)32(16)11-20-21(25(33)36-2)22(18-5-4-14(27)8-19(18)26)30-23(29-20)24-28-6-7-38-24/h4-8,15-17,22H,9-13H2,1-3H3,(H,29,30)/t15?,16?,17?,22-/m0/s1. The van der Waals surface area contributed by atoms with E-state index >= 15 is 0 Å². The molecule has 10 nitrogen and oxygen atoms in total. The van der Waals surface area contributed by atoms with Crippen molar-refractivity contribution in [3.63, 3.8) is 0 Å². The van der Waals surface area contributed by atoms with Crippen LogP contribution in [0.15, 0.2) is 46.0 Å². The highest BCUT2D eigenvalue weighted by atomic mass is 35.5. The third kappa shape index (κ3) is 5.74. The zero-order valence-electron chi connectivity index (χ0n) is 21.6. The third-order valence-corrected chi connectivity index (χ3v) is 9.90. The van der Waals surface area contributed by atoms with Gasteiger partial charge < -0.3 is 14.8 Å². The molecular weight excluding hydrogens is 569 g/mol. The number of sulfonamides is 1. The quantitative estimate of drug-likeness (QED) is 0.485. The molecule has 5 rings (SSSR count). The predicted molar refractivity (Wildman–Crippen MR) is 146 cm³/mol. The Balaban J connectivity index is 1.54. The molecule has 1 aromatic heterocycles. The van der Waals surface area contributed by atoms with E-state index in [4.69, 9.17) is 26.1 Å². The van der Waals surface area contributed by atoms with Crippen LogP contribution in [0.1, 0.15) is 29.5 Å². The number of morpholine rings is 1. The number of thiazole rings is 1. The zero-order valence-corrected chi connectivity index (χ0v) is 24.0. The van der Waals surface area contributed by atoms with E-state index in [1.165, 1.54) is 47.2 Å². The van der Waals surface area contributed by atoms with Crippen molar-refractivity contribution in [1.29, 1.82) is 0 Å². The lowest BCUT2D eigenvalue weighted by molar-refractivity contribution is -0.136. The number of fused-ring (bicyclic) bond motifs is 2. The summed E-state index contributed by atoms with van der Waals surface area (Å²) in [7, 11) is -0.440. The molecule has 1 aromatic carbocycles. The Bertz CT molecular complexity index is 1400. The van der Waals surface area contributed by atoms with Crippen molar-refractivity contribution in [3.05, 3.63) is 62.5 Å². The average molecular weight is 598 g/mol. The Morgan fingerprint density at radius 3 is 2.64 bits per heavy atom. The van der Waals surface area contributed by atoms with Crippen molar-refractivity contribution in [2.24, 2.45) is 4.99 Å². The van der Waals surface area contributed by atoms with Crippen molar-refractivity contribution >= 4 is 44.8 Å². The van der Waals surface area contributed by atoms with Gasteiger partial charge >= 0.3 is 5.97 Å². The summed E-state index contributed by atoms with van der Waals surface area (Å²) < 4.78 is 50.8. The molecule has 2 fully saturated rings. The molecule has 14 heteroatoms. The Morgan fingerprint density at radius 1 is 1.33 bits per heavy atom. The van der Waals surface area contributed by atoms with Gasteiger partial charge in [-0.1, -0.05) is 17.7 Å². The van der Waals surface area contributed by atoms with Gasteiger partial charge in [0.1, 0.15) is 11.9 Å². The van der Waals surface area contributed by atoms with Gasteiger partial charge in [0.15, 0.2) is 10.8 Å². The van der Waals surface area contributed by atoms with Crippen LogP contribution in [0.25, 0.3) is 0 Å². The first-order valence-electron chi connectivity index (χ1n) is 12.3. The van der Waals surface area contributed by atoms with Crippen molar-refractivity contribution in [2.45, 2.75) is 37.0 Å². The maximum Gasteiger partial charge on any atom is 0.338 e. The molecule has 3 aliphatic heterocycles. The highest BCUT2D eigenvalue weighted by molar-refractivity contribution is 7.88. The van der Waals surface area contributed by atoms with Crippen LogP contribution >= 0.6 is 22.9 Å². The van der Waals surface area contributed by atoms with E-state index in [9.17, 15) is 17.6 Å². The Hall–Kier alpha value is -2.42. The summed E-state index contributed by atoms with van der Waals surface area (Å²) in [5.41, 5.74) is 1.29. The van der Waals surface area contributed by atoms with Gasteiger partial charge in [-0.25, -0.2) is 26.9 Å². The molecule has 0 saturated carbocycles. The number of rotatable bonds is 7. The molecule has 210 valence electrons. The number of aliphatic imine (C=N–C) groups is 1. The van der Waals surface area contributed by atoms with Crippen molar-refractivity contribution in [3.8, 4) is 0 Å². The number of hydrogen-bond acceptors (Lipinski definition) is 10. The number of aromatic nitrogens is 1. The predicted octanol–water partition coefficient (Wildman–Crippen LogP) is 2.58. The first-order valence-corrected chi connectivity index (χ1v) is 15.4. The van der Waals surface area contributed by atoms with Crippen molar-refractivity contribution in [1.82, 2.24) is 19.5 Å². The Kier molecular flexibility index (Phi) is 8.09. The smallest absolute Gasteiger partial charge is 0.338 e. The number of carbonyl (C=O) groups is 1. The largest absolute Gasteiger partial charge is 0.466 e. The van der Waals surface area contributed by atoms with Crippen LogP contribution in [0.5, 0.6) is 0 Å². The van der Waals surface area contributed by atoms with Crippen LogP contribution in [0.2, 0.25) is 5.02 Å². The Labute approximate surface area is 235 Å². The molecule has 2 bridgehead atoms. The van der Waals surface area contributed by atoms with Gasteiger partial charge in [-0.05, 0) is 25.0 Å². The van der Waals surface area contributed by atoms with Crippen LogP contribution in [0.4, 0.5) is 4.39 Å². The number of ether oxygens (including phenoxy) is 2. The number of nitrogens with zero attached hydrogens (tertiary/aromatic N) is 4. The van der Waals surface area contributed by atoms with Gasteiger partial charge in [-0.3, -0.25) is 9.89 Å². The van der Waals surface area contributed by atoms with Gasteiger partial charge in [0.2, 0.25) is 10.0 Å². The van der Waals surface area contributed by atoms with E-state index < -0.39 is 27.9 Å². The minimum atomic E-state index is -3.35. The molecule has 0 aliphatic carbocycles. The van der Waals surface area contributed by atoms with Crippen LogP contribution in [0.3, 0.4) is 0 Å². The molecule has 1 N–H and O–H groups in total. The summed E-state index contributed by atoms with van der Waals surface area (Å²) in [5, 5.41) is 5.90. The summed E-state index contributed by atoms with van der Waals surface area (Å²) in [5.74, 6) is -0.621. The maximum atomic E-state index is 13.9. The van der Waals surface area contributed by atoms with Crippen molar-refractivity contribution in [2.75, 3.05) is 40.2 Å². The number of hydrogen-bond donors (Lipinski definition) is 1. The molecule has 3 atom stereocenters. The van der Waals surface area contributed by atoms with Crippen LogP contribution in [-0.4, -0.2) is 92.7 Å². The topological polar surface area (TPSA) is 113 Å². The van der Waals surface area contributed by atoms with E-state index in [2.05, 4.69) is 15.2 Å². The van der Waals surface area contributed by atoms with Gasteiger partial charge in [-0.2, -0.15) is 0 Å². The van der Waals surface area contributed by atoms with E-state index in [0.717, 1.165) is 0 Å². The van der Waals surface area contributed by atoms with Crippen LogP contribution < -0.4 is 5.32 Å². The molecule has 3 aliphatic rings. The van der Waals surface area contributed by atoms with E-state index in [1.807, 2.05) is 5.38 Å². The van der Waals surface area contributed by atoms with E-state index in [1.54, 1.807) is 13.2 Å². The number of amidine groups is 1. The van der Waals surface area contributed by atoms with Gasteiger partial charge in [0, 0.05) is 59.6 Å². The van der Waals surface area contributed by atoms with Crippen molar-refractivity contribution < 1.29 is 27.1 Å². The van der Waals surface area contributed by atoms with Gasteiger partial charge in [-0.15, -0.1) is 11.3 Å². The highest BCUT2D eigenvalue weighted by Crippen LogP contribution is 2.38. The molecule has 4 heterocycles. The molecule has 0 radical (unpaired) electrons. The molecule has 2 saturated heterocycles. The second-order valence-electron chi connectivity index (χ2n) is 9.81. The first kappa shape index (κ1) is 28.1. The average Bonchev–Trinajstić information content (AvgIpc) is 3.42. The number of piperidine rings is 1. The third-order valence-electron chi connectivity index (χ3n) is 7.45. The zero-order chi connectivity index (χ0) is 27.9. The lowest BCUT2D eigenvalue weighted by atomic mass is 9.89. The summed E-state index contributed by atoms with van der Waals surface area (Å²) >= 11 is 7.84. The lowest BCUT2D eigenvalue weighted by Gasteiger charge is -2.50. The second kappa shape index (κ2) is 11.2. The normalized spacial score (nSPS) is 25.8. The van der Waals surface area contributed by atoms with Gasteiger partial charge in [0.05, 0.1) is 32.2 Å². The summed E-state index contributed by atoms with van der Waals surface area (Å²) in [6.45, 7) is 1.20. The number of benzene rings is 1. The van der Waals surface area contributed by atoms with Crippen LogP contribution in [0, 0.1) is 5.82 Å². The number of methoxy groups -OCH3 is 1. The minimum Gasteiger partial charge on any atom is -0.466 e. The van der Waals surface area contributed by atoms with Crippen LogP contribution in [-0.2, 0) is 24.3 Å². The summed E-state index contributed by atoms with van der Waals surface area (Å²) in [6, 6.07) is 2.84. The number of esters is 1. The fourth-order valence-electron chi connectivity index (χ4n) is 5.44. The van der Waals surface area contributed by atoms with Gasteiger partial charge in [0.25, 0.3) is 0 Å². The number of carbonyl (C=O) groups excluding carboxylic acids is 1. The second-order valence-corrected chi connectivity index (χ2v) is 13.2. The monoisotopic (exact) mass is 597 g/mol. The summed E-state index contributed by atoms with van der Waals surface area (Å²) in [6.07, 6.45) is 4.04.